The molecular weight excluding hydrogens is 317 g/mol. The minimum Gasteiger partial charge on any atom is -0.387 e. The van der Waals surface area contributed by atoms with Gasteiger partial charge in [0.1, 0.15) is 5.82 Å². The van der Waals surface area contributed by atoms with E-state index in [-0.39, 0.29) is 18.3 Å². The number of carbonyl (C=O) groups excluding carboxylic acids is 1. The van der Waals surface area contributed by atoms with Crippen LogP contribution in [0.4, 0.5) is 4.39 Å². The van der Waals surface area contributed by atoms with Gasteiger partial charge in [-0.2, -0.15) is 0 Å². The molecule has 0 aromatic heterocycles. The summed E-state index contributed by atoms with van der Waals surface area (Å²) < 4.78 is 12.8. The Morgan fingerprint density at radius 2 is 1.72 bits per heavy atom. The molecule has 0 spiro atoms. The molecule has 4 heteroatoms. The largest absolute Gasteiger partial charge is 0.387 e. The number of benzene rings is 3. The summed E-state index contributed by atoms with van der Waals surface area (Å²) in [7, 11) is 0. The molecule has 0 fully saturated rings. The van der Waals surface area contributed by atoms with E-state index in [0.717, 1.165) is 21.9 Å². The second kappa shape index (κ2) is 7.90. The van der Waals surface area contributed by atoms with Crippen molar-refractivity contribution in [1.29, 1.82) is 0 Å². The summed E-state index contributed by atoms with van der Waals surface area (Å²) in [6.07, 6.45) is 0.0909. The molecule has 1 atom stereocenters. The zero-order valence-electron chi connectivity index (χ0n) is 13.8. The molecule has 0 aliphatic rings. The van der Waals surface area contributed by atoms with Gasteiger partial charge in [-0.25, -0.2) is 4.39 Å². The number of fused-ring (bicyclic) bond motifs is 1. The van der Waals surface area contributed by atoms with Crippen molar-refractivity contribution in [3.8, 4) is 0 Å². The Bertz CT molecular complexity index is 861. The molecule has 0 saturated carbocycles. The van der Waals surface area contributed by atoms with Crippen LogP contribution in [0, 0.1) is 5.82 Å². The number of hydrogen-bond donors (Lipinski definition) is 2. The SMILES string of the molecule is O=C(CCc1ccc(F)cc1)NCC(O)c1ccc2ccccc2c1. The van der Waals surface area contributed by atoms with E-state index in [0.29, 0.717) is 12.8 Å². The van der Waals surface area contributed by atoms with E-state index in [2.05, 4.69) is 5.32 Å². The summed E-state index contributed by atoms with van der Waals surface area (Å²) in [5.74, 6) is -0.420. The van der Waals surface area contributed by atoms with Gasteiger partial charge in [0.2, 0.25) is 5.91 Å². The zero-order valence-corrected chi connectivity index (χ0v) is 13.8. The fourth-order valence-electron chi connectivity index (χ4n) is 2.74. The maximum absolute atomic E-state index is 12.8. The van der Waals surface area contributed by atoms with E-state index in [9.17, 15) is 14.3 Å². The third kappa shape index (κ3) is 4.64. The first kappa shape index (κ1) is 17.1. The second-order valence-electron chi connectivity index (χ2n) is 6.05. The van der Waals surface area contributed by atoms with E-state index < -0.39 is 6.10 Å². The first-order valence-electron chi connectivity index (χ1n) is 8.30. The summed E-state index contributed by atoms with van der Waals surface area (Å²) in [4.78, 5) is 11.9. The number of amides is 1. The summed E-state index contributed by atoms with van der Waals surface area (Å²) in [5.41, 5.74) is 1.68. The molecule has 0 heterocycles. The number of nitrogens with one attached hydrogen (secondary N) is 1. The maximum atomic E-state index is 12.8. The Labute approximate surface area is 146 Å². The van der Waals surface area contributed by atoms with Crippen molar-refractivity contribution in [3.05, 3.63) is 83.7 Å². The average Bonchev–Trinajstić information content (AvgIpc) is 2.65. The molecule has 3 nitrogen and oxygen atoms in total. The number of carbonyl (C=O) groups is 1. The van der Waals surface area contributed by atoms with Gasteiger partial charge in [0.25, 0.3) is 0 Å². The predicted octanol–water partition coefficient (Wildman–Crippen LogP) is 3.76. The lowest BCUT2D eigenvalue weighted by Crippen LogP contribution is -2.28. The van der Waals surface area contributed by atoms with E-state index >= 15 is 0 Å². The normalized spacial score (nSPS) is 12.1. The van der Waals surface area contributed by atoms with E-state index in [4.69, 9.17) is 0 Å². The summed E-state index contributed by atoms with van der Waals surface area (Å²) in [6.45, 7) is 0.167. The molecule has 128 valence electrons. The van der Waals surface area contributed by atoms with Gasteiger partial charge in [-0.05, 0) is 46.5 Å². The lowest BCUT2D eigenvalue weighted by molar-refractivity contribution is -0.121. The van der Waals surface area contributed by atoms with Gasteiger partial charge < -0.3 is 10.4 Å². The molecule has 3 rings (SSSR count). The molecule has 1 amide bonds. The first-order chi connectivity index (χ1) is 12.1. The van der Waals surface area contributed by atoms with Crippen LogP contribution in [0.15, 0.2) is 66.7 Å². The topological polar surface area (TPSA) is 49.3 Å². The molecule has 2 N–H and O–H groups in total. The van der Waals surface area contributed by atoms with Gasteiger partial charge in [0.05, 0.1) is 6.10 Å². The third-order valence-electron chi connectivity index (χ3n) is 4.20. The fraction of sp³-hybridized carbons (Fsp3) is 0.190. The summed E-state index contributed by atoms with van der Waals surface area (Å²) in [5, 5.41) is 15.2. The van der Waals surface area contributed by atoms with Crippen LogP contribution in [0.3, 0.4) is 0 Å². The quantitative estimate of drug-likeness (QED) is 0.719. The monoisotopic (exact) mass is 337 g/mol. The Hall–Kier alpha value is -2.72. The molecule has 3 aromatic carbocycles. The van der Waals surface area contributed by atoms with Gasteiger partial charge in [-0.1, -0.05) is 48.5 Å². The van der Waals surface area contributed by atoms with E-state index in [1.165, 1.54) is 12.1 Å². The van der Waals surface area contributed by atoms with Gasteiger partial charge >= 0.3 is 0 Å². The Kier molecular flexibility index (Phi) is 5.41. The van der Waals surface area contributed by atoms with Crippen LogP contribution in [0.5, 0.6) is 0 Å². The summed E-state index contributed by atoms with van der Waals surface area (Å²) >= 11 is 0. The van der Waals surface area contributed by atoms with Crippen molar-refractivity contribution in [1.82, 2.24) is 5.32 Å². The van der Waals surface area contributed by atoms with Gasteiger partial charge in [0.15, 0.2) is 0 Å². The number of aliphatic hydroxyl groups is 1. The van der Waals surface area contributed by atoms with Gasteiger partial charge in [-0.3, -0.25) is 4.79 Å². The minimum atomic E-state index is -0.751. The highest BCUT2D eigenvalue weighted by Gasteiger charge is 2.10. The smallest absolute Gasteiger partial charge is 0.220 e. The third-order valence-corrected chi connectivity index (χ3v) is 4.20. The van der Waals surface area contributed by atoms with Crippen molar-refractivity contribution in [2.75, 3.05) is 6.54 Å². The van der Waals surface area contributed by atoms with Gasteiger partial charge in [-0.15, -0.1) is 0 Å². The van der Waals surface area contributed by atoms with Crippen molar-refractivity contribution in [2.24, 2.45) is 0 Å². The van der Waals surface area contributed by atoms with Crippen molar-refractivity contribution in [2.45, 2.75) is 18.9 Å². The maximum Gasteiger partial charge on any atom is 0.220 e. The van der Waals surface area contributed by atoms with E-state index in [1.807, 2.05) is 42.5 Å². The minimum absolute atomic E-state index is 0.135. The number of hydrogen-bond acceptors (Lipinski definition) is 2. The molecule has 0 radical (unpaired) electrons. The second-order valence-corrected chi connectivity index (χ2v) is 6.05. The number of rotatable bonds is 6. The molecule has 0 saturated heterocycles. The molecule has 0 aliphatic heterocycles. The number of aryl methyl sites for hydroxylation is 1. The predicted molar refractivity (Wildman–Crippen MR) is 96.6 cm³/mol. The van der Waals surface area contributed by atoms with Crippen molar-refractivity contribution in [3.63, 3.8) is 0 Å². The molecule has 0 bridgehead atoms. The lowest BCUT2D eigenvalue weighted by atomic mass is 10.0. The van der Waals surface area contributed by atoms with Crippen LogP contribution in [0.1, 0.15) is 23.7 Å². The Morgan fingerprint density at radius 1 is 1.00 bits per heavy atom. The average molecular weight is 337 g/mol. The molecule has 3 aromatic rings. The van der Waals surface area contributed by atoms with Crippen LogP contribution in [-0.2, 0) is 11.2 Å². The molecule has 1 unspecified atom stereocenters. The fourth-order valence-corrected chi connectivity index (χ4v) is 2.74. The highest BCUT2D eigenvalue weighted by atomic mass is 19.1. The molecular formula is C21H20FNO2. The number of halogens is 1. The van der Waals surface area contributed by atoms with Crippen LogP contribution in [0.25, 0.3) is 10.8 Å². The highest BCUT2D eigenvalue weighted by molar-refractivity contribution is 5.83. The Balaban J connectivity index is 1.51. The lowest BCUT2D eigenvalue weighted by Gasteiger charge is -2.13. The Morgan fingerprint density at radius 3 is 2.48 bits per heavy atom. The number of aliphatic hydroxyl groups excluding tert-OH is 1. The molecule has 25 heavy (non-hydrogen) atoms. The van der Waals surface area contributed by atoms with Crippen LogP contribution >= 0.6 is 0 Å². The highest BCUT2D eigenvalue weighted by Crippen LogP contribution is 2.20. The van der Waals surface area contributed by atoms with Crippen LogP contribution in [-0.4, -0.2) is 17.6 Å². The standard InChI is InChI=1S/C21H20FNO2/c22-19-10-5-15(6-11-19)7-12-21(25)23-14-20(24)18-9-8-16-3-1-2-4-17(16)13-18/h1-6,8-11,13,20,24H,7,12,14H2,(H,23,25). The van der Waals surface area contributed by atoms with Gasteiger partial charge in [0, 0.05) is 13.0 Å². The zero-order chi connectivity index (χ0) is 17.6. The first-order valence-corrected chi connectivity index (χ1v) is 8.30. The van der Waals surface area contributed by atoms with Crippen molar-refractivity contribution >= 4 is 16.7 Å². The van der Waals surface area contributed by atoms with Crippen LogP contribution < -0.4 is 5.32 Å². The van der Waals surface area contributed by atoms with Crippen molar-refractivity contribution < 1.29 is 14.3 Å². The molecule has 0 aliphatic carbocycles. The van der Waals surface area contributed by atoms with Crippen LogP contribution in [0.2, 0.25) is 0 Å². The summed E-state index contributed by atoms with van der Waals surface area (Å²) in [6, 6.07) is 19.8. The van der Waals surface area contributed by atoms with E-state index in [1.54, 1.807) is 12.1 Å².